The maximum atomic E-state index is 3.62. The predicted octanol–water partition coefficient (Wildman–Crippen LogP) is 4.52. The predicted molar refractivity (Wildman–Crippen MR) is 74.9 cm³/mol. The average molecular weight is 302 g/mol. The normalized spacial score (nSPS) is 26.2. The van der Waals surface area contributed by atoms with Crippen molar-refractivity contribution in [2.45, 2.75) is 45.2 Å². The molecule has 16 heavy (non-hydrogen) atoms. The van der Waals surface area contributed by atoms with Crippen molar-refractivity contribution in [1.82, 2.24) is 4.90 Å². The molecule has 0 aliphatic heterocycles. The Labute approximate surface area is 111 Å². The van der Waals surface area contributed by atoms with E-state index in [4.69, 9.17) is 0 Å². The van der Waals surface area contributed by atoms with Gasteiger partial charge in [0.15, 0.2) is 0 Å². The first-order valence-electron chi connectivity index (χ1n) is 6.10. The number of hydrogen-bond acceptors (Lipinski definition) is 2. The van der Waals surface area contributed by atoms with Gasteiger partial charge in [0.05, 0.1) is 0 Å². The second-order valence-corrected chi connectivity index (χ2v) is 6.79. The summed E-state index contributed by atoms with van der Waals surface area (Å²) in [6.45, 7) is 3.50. The molecule has 1 fully saturated rings. The van der Waals surface area contributed by atoms with Crippen LogP contribution in [0.15, 0.2) is 15.9 Å². The molecular weight excluding hydrogens is 282 g/mol. The zero-order valence-electron chi connectivity index (χ0n) is 10.1. The van der Waals surface area contributed by atoms with Crippen LogP contribution >= 0.6 is 27.3 Å². The molecule has 90 valence electrons. The molecule has 0 bridgehead atoms. The fourth-order valence-electron chi connectivity index (χ4n) is 2.73. The Morgan fingerprint density at radius 1 is 1.44 bits per heavy atom. The third-order valence-corrected chi connectivity index (χ3v) is 5.63. The first-order valence-corrected chi connectivity index (χ1v) is 7.78. The van der Waals surface area contributed by atoms with Crippen LogP contribution in [0.5, 0.6) is 0 Å². The quantitative estimate of drug-likeness (QED) is 0.793. The van der Waals surface area contributed by atoms with Gasteiger partial charge in [-0.05, 0) is 53.2 Å². The molecule has 1 heterocycles. The summed E-state index contributed by atoms with van der Waals surface area (Å²) in [6, 6.07) is 2.93. The lowest BCUT2D eigenvalue weighted by molar-refractivity contribution is 0.134. The zero-order valence-corrected chi connectivity index (χ0v) is 12.5. The minimum absolute atomic E-state index is 0.780. The highest BCUT2D eigenvalue weighted by Crippen LogP contribution is 2.30. The Hall–Kier alpha value is 0.140. The molecule has 2 atom stereocenters. The SMILES string of the molecule is CC1CCCCC1N(C)Cc1sccc1Br. The van der Waals surface area contributed by atoms with Gasteiger partial charge in [-0.2, -0.15) is 0 Å². The summed E-state index contributed by atoms with van der Waals surface area (Å²) in [4.78, 5) is 4.00. The topological polar surface area (TPSA) is 3.24 Å². The van der Waals surface area contributed by atoms with Gasteiger partial charge >= 0.3 is 0 Å². The van der Waals surface area contributed by atoms with Crippen LogP contribution in [0, 0.1) is 5.92 Å². The molecule has 0 amide bonds. The first-order chi connectivity index (χ1) is 7.68. The Bertz CT molecular complexity index is 336. The van der Waals surface area contributed by atoms with E-state index in [0.29, 0.717) is 0 Å². The van der Waals surface area contributed by atoms with Crippen LogP contribution in [-0.2, 0) is 6.54 Å². The molecule has 3 heteroatoms. The summed E-state index contributed by atoms with van der Waals surface area (Å²) >= 11 is 5.47. The van der Waals surface area contributed by atoms with Gasteiger partial charge in [-0.3, -0.25) is 4.90 Å². The van der Waals surface area contributed by atoms with Gasteiger partial charge in [-0.15, -0.1) is 11.3 Å². The lowest BCUT2D eigenvalue weighted by Gasteiger charge is -2.36. The van der Waals surface area contributed by atoms with Crippen LogP contribution in [0.25, 0.3) is 0 Å². The van der Waals surface area contributed by atoms with Gasteiger partial charge in [0.2, 0.25) is 0 Å². The van der Waals surface area contributed by atoms with Crippen molar-refractivity contribution in [3.63, 3.8) is 0 Å². The van der Waals surface area contributed by atoms with Crippen LogP contribution in [-0.4, -0.2) is 18.0 Å². The zero-order chi connectivity index (χ0) is 11.5. The molecule has 2 rings (SSSR count). The molecule has 1 aliphatic rings. The lowest BCUT2D eigenvalue weighted by atomic mass is 9.85. The van der Waals surface area contributed by atoms with Crippen molar-refractivity contribution in [3.05, 3.63) is 20.8 Å². The molecule has 1 saturated carbocycles. The molecule has 0 radical (unpaired) electrons. The molecule has 0 saturated heterocycles. The summed E-state index contributed by atoms with van der Waals surface area (Å²) in [6.07, 6.45) is 5.61. The number of halogens is 1. The molecule has 1 aromatic heterocycles. The second kappa shape index (κ2) is 5.65. The summed E-state index contributed by atoms with van der Waals surface area (Å²) < 4.78 is 1.27. The lowest BCUT2D eigenvalue weighted by Crippen LogP contribution is -2.38. The van der Waals surface area contributed by atoms with Gasteiger partial charge in [0.25, 0.3) is 0 Å². The fourth-order valence-corrected chi connectivity index (χ4v) is 4.27. The van der Waals surface area contributed by atoms with Crippen LogP contribution in [0.4, 0.5) is 0 Å². The second-order valence-electron chi connectivity index (χ2n) is 4.94. The van der Waals surface area contributed by atoms with Gasteiger partial charge < -0.3 is 0 Å². The Morgan fingerprint density at radius 2 is 2.19 bits per heavy atom. The minimum Gasteiger partial charge on any atom is -0.298 e. The Kier molecular flexibility index (Phi) is 4.45. The number of thiophene rings is 1. The van der Waals surface area contributed by atoms with Crippen molar-refractivity contribution < 1.29 is 0 Å². The molecule has 1 aromatic rings. The average Bonchev–Trinajstić information content (AvgIpc) is 2.65. The van der Waals surface area contributed by atoms with Gasteiger partial charge in [-0.1, -0.05) is 19.8 Å². The standard InChI is InChI=1S/C13H20BrNS/c1-10-5-3-4-6-12(10)15(2)9-13-11(14)7-8-16-13/h7-8,10,12H,3-6,9H2,1-2H3. The van der Waals surface area contributed by atoms with E-state index in [1.165, 1.54) is 35.0 Å². The third kappa shape index (κ3) is 2.88. The maximum Gasteiger partial charge on any atom is 0.0339 e. The summed E-state index contributed by atoms with van der Waals surface area (Å²) in [5, 5.41) is 2.16. The molecule has 0 N–H and O–H groups in total. The van der Waals surface area contributed by atoms with E-state index in [-0.39, 0.29) is 0 Å². The van der Waals surface area contributed by atoms with Gasteiger partial charge in [0, 0.05) is 21.9 Å². The Morgan fingerprint density at radius 3 is 2.81 bits per heavy atom. The van der Waals surface area contributed by atoms with Gasteiger partial charge in [-0.25, -0.2) is 0 Å². The smallest absolute Gasteiger partial charge is 0.0339 e. The summed E-state index contributed by atoms with van der Waals surface area (Å²) in [7, 11) is 2.28. The third-order valence-electron chi connectivity index (χ3n) is 3.72. The van der Waals surface area contributed by atoms with Crippen molar-refractivity contribution in [1.29, 1.82) is 0 Å². The van der Waals surface area contributed by atoms with Crippen molar-refractivity contribution in [2.24, 2.45) is 5.92 Å². The Balaban J connectivity index is 1.96. The molecule has 1 aliphatic carbocycles. The molecule has 0 spiro atoms. The number of hydrogen-bond donors (Lipinski definition) is 0. The maximum absolute atomic E-state index is 3.62. The highest BCUT2D eigenvalue weighted by molar-refractivity contribution is 9.10. The van der Waals surface area contributed by atoms with E-state index in [2.05, 4.69) is 46.2 Å². The number of rotatable bonds is 3. The highest BCUT2D eigenvalue weighted by atomic mass is 79.9. The fraction of sp³-hybridized carbons (Fsp3) is 0.692. The molecular formula is C13H20BrNS. The van der Waals surface area contributed by atoms with Crippen molar-refractivity contribution in [2.75, 3.05) is 7.05 Å². The highest BCUT2D eigenvalue weighted by Gasteiger charge is 2.25. The van der Waals surface area contributed by atoms with E-state index in [1.807, 2.05) is 11.3 Å². The van der Waals surface area contributed by atoms with Crippen molar-refractivity contribution in [3.8, 4) is 0 Å². The van der Waals surface area contributed by atoms with Gasteiger partial charge in [0.1, 0.15) is 0 Å². The molecule has 1 nitrogen and oxygen atoms in total. The van der Waals surface area contributed by atoms with Crippen molar-refractivity contribution >= 4 is 27.3 Å². The van der Waals surface area contributed by atoms with Crippen LogP contribution in [0.3, 0.4) is 0 Å². The van der Waals surface area contributed by atoms with Crippen LogP contribution in [0.1, 0.15) is 37.5 Å². The van der Waals surface area contributed by atoms with E-state index < -0.39 is 0 Å². The van der Waals surface area contributed by atoms with E-state index in [1.54, 1.807) is 0 Å². The van der Waals surface area contributed by atoms with Crippen LogP contribution < -0.4 is 0 Å². The summed E-state index contributed by atoms with van der Waals surface area (Å²) in [5.74, 6) is 0.859. The first kappa shape index (κ1) is 12.6. The number of nitrogens with zero attached hydrogens (tertiary/aromatic N) is 1. The minimum atomic E-state index is 0.780. The largest absolute Gasteiger partial charge is 0.298 e. The van der Waals surface area contributed by atoms with Crippen LogP contribution in [0.2, 0.25) is 0 Å². The molecule has 2 unspecified atom stereocenters. The van der Waals surface area contributed by atoms with E-state index in [0.717, 1.165) is 18.5 Å². The van der Waals surface area contributed by atoms with E-state index in [9.17, 15) is 0 Å². The molecule has 0 aromatic carbocycles. The summed E-state index contributed by atoms with van der Waals surface area (Å²) in [5.41, 5.74) is 0. The monoisotopic (exact) mass is 301 g/mol. The van der Waals surface area contributed by atoms with E-state index >= 15 is 0 Å².